The van der Waals surface area contributed by atoms with Gasteiger partial charge in [0.25, 0.3) is 0 Å². The molecule has 0 unspecified atom stereocenters. The topological polar surface area (TPSA) is 13.1 Å². The quantitative estimate of drug-likeness (QED) is 0.624. The highest BCUT2D eigenvalue weighted by molar-refractivity contribution is 5.91. The summed E-state index contributed by atoms with van der Waals surface area (Å²) < 4.78 is 5.83. The minimum Gasteiger partial charge on any atom is -0.456 e. The molecule has 0 radical (unpaired) electrons. The van der Waals surface area contributed by atoms with Crippen molar-refractivity contribution in [2.45, 2.75) is 6.92 Å². The van der Waals surface area contributed by atoms with E-state index in [1.807, 2.05) is 18.2 Å². The highest BCUT2D eigenvalue weighted by Gasteiger charge is 2.09. The van der Waals surface area contributed by atoms with Gasteiger partial charge < -0.3 is 4.42 Å². The van der Waals surface area contributed by atoms with Crippen LogP contribution in [0.4, 0.5) is 0 Å². The lowest BCUT2D eigenvalue weighted by Crippen LogP contribution is -1.77. The van der Waals surface area contributed by atoms with E-state index in [2.05, 4.69) is 43.4 Å². The summed E-state index contributed by atoms with van der Waals surface area (Å²) in [5.41, 5.74) is 3.31. The fourth-order valence-corrected chi connectivity index (χ4v) is 1.98. The van der Waals surface area contributed by atoms with Crippen molar-refractivity contribution in [3.63, 3.8) is 0 Å². The van der Waals surface area contributed by atoms with Crippen LogP contribution >= 0.6 is 0 Å². The van der Waals surface area contributed by atoms with E-state index in [1.54, 1.807) is 0 Å². The smallest absolute Gasteiger partial charge is 0.135 e. The maximum Gasteiger partial charge on any atom is 0.135 e. The Balaban J connectivity index is 2.36. The number of fused-ring (bicyclic) bond motifs is 3. The summed E-state index contributed by atoms with van der Waals surface area (Å²) in [6, 6.07) is 8.13. The number of allylic oxidation sites excluding steroid dienone is 4. The molecule has 1 aromatic carbocycles. The second-order valence-corrected chi connectivity index (χ2v) is 3.98. The Bertz CT molecular complexity index is 624. The molecule has 0 spiro atoms. The second-order valence-electron chi connectivity index (χ2n) is 3.98. The number of benzene rings is 1. The summed E-state index contributed by atoms with van der Waals surface area (Å²) in [5.74, 6) is 0.944. The van der Waals surface area contributed by atoms with E-state index in [0.29, 0.717) is 0 Å². The summed E-state index contributed by atoms with van der Waals surface area (Å²) in [5, 5.41) is 1.17. The van der Waals surface area contributed by atoms with Crippen LogP contribution in [-0.2, 0) is 0 Å². The van der Waals surface area contributed by atoms with E-state index in [-0.39, 0.29) is 0 Å². The first kappa shape index (κ1) is 9.22. The van der Waals surface area contributed by atoms with Crippen molar-refractivity contribution in [2.75, 3.05) is 0 Å². The molecule has 1 heteroatoms. The summed E-state index contributed by atoms with van der Waals surface area (Å²) in [7, 11) is 0. The molecule has 0 fully saturated rings. The van der Waals surface area contributed by atoms with E-state index in [1.165, 1.54) is 16.5 Å². The highest BCUT2D eigenvalue weighted by Crippen LogP contribution is 2.29. The van der Waals surface area contributed by atoms with Crippen LogP contribution < -0.4 is 0 Å². The lowest BCUT2D eigenvalue weighted by atomic mass is 10.1. The van der Waals surface area contributed by atoms with Crippen molar-refractivity contribution in [3.05, 3.63) is 59.4 Å². The molecule has 0 atom stereocenters. The molecular weight excluding hydrogens is 196 g/mol. The van der Waals surface area contributed by atoms with Gasteiger partial charge in [0.05, 0.1) is 0 Å². The Morgan fingerprint density at radius 2 is 1.81 bits per heavy atom. The average Bonchev–Trinajstić information content (AvgIpc) is 2.59. The van der Waals surface area contributed by atoms with E-state index >= 15 is 0 Å². The van der Waals surface area contributed by atoms with Gasteiger partial charge in [0.15, 0.2) is 0 Å². The van der Waals surface area contributed by atoms with Crippen molar-refractivity contribution in [2.24, 2.45) is 0 Å². The molecule has 0 bridgehead atoms. The van der Waals surface area contributed by atoms with Gasteiger partial charge in [-0.2, -0.15) is 0 Å². The minimum atomic E-state index is 0.944. The lowest BCUT2D eigenvalue weighted by molar-refractivity contribution is 0.603. The van der Waals surface area contributed by atoms with Gasteiger partial charge >= 0.3 is 0 Å². The van der Waals surface area contributed by atoms with Gasteiger partial charge in [-0.25, -0.2) is 0 Å². The van der Waals surface area contributed by atoms with Crippen molar-refractivity contribution >= 4 is 23.1 Å². The maximum absolute atomic E-state index is 5.83. The number of rotatable bonds is 0. The second kappa shape index (κ2) is 3.53. The highest BCUT2D eigenvalue weighted by atomic mass is 16.3. The van der Waals surface area contributed by atoms with E-state index < -0.39 is 0 Å². The molecule has 0 saturated carbocycles. The van der Waals surface area contributed by atoms with Crippen LogP contribution in [0.25, 0.3) is 23.1 Å². The Morgan fingerprint density at radius 3 is 2.75 bits per heavy atom. The van der Waals surface area contributed by atoms with Crippen molar-refractivity contribution in [1.82, 2.24) is 0 Å². The van der Waals surface area contributed by atoms with Gasteiger partial charge in [0.2, 0.25) is 0 Å². The molecule has 0 saturated heterocycles. The van der Waals surface area contributed by atoms with Crippen LogP contribution in [0.2, 0.25) is 0 Å². The van der Waals surface area contributed by atoms with E-state index in [4.69, 9.17) is 4.42 Å². The molecule has 1 heterocycles. The summed E-state index contributed by atoms with van der Waals surface area (Å²) in [6.45, 7) is 2.08. The molecule has 16 heavy (non-hydrogen) atoms. The van der Waals surface area contributed by atoms with Gasteiger partial charge in [0, 0.05) is 10.9 Å². The average molecular weight is 208 g/mol. The molecule has 1 aliphatic carbocycles. The number of para-hydroxylation sites is 1. The third kappa shape index (κ3) is 1.41. The minimum absolute atomic E-state index is 0.944. The molecule has 0 amide bonds. The van der Waals surface area contributed by atoms with Crippen LogP contribution in [0.1, 0.15) is 18.2 Å². The fourth-order valence-electron chi connectivity index (χ4n) is 1.98. The third-order valence-corrected chi connectivity index (χ3v) is 2.75. The van der Waals surface area contributed by atoms with E-state index in [9.17, 15) is 0 Å². The predicted molar refractivity (Wildman–Crippen MR) is 68.0 cm³/mol. The van der Waals surface area contributed by atoms with Gasteiger partial charge in [-0.05, 0) is 24.6 Å². The van der Waals surface area contributed by atoms with Crippen molar-refractivity contribution in [1.29, 1.82) is 0 Å². The maximum atomic E-state index is 5.83. The molecule has 78 valence electrons. The van der Waals surface area contributed by atoms with Gasteiger partial charge in [-0.1, -0.05) is 42.5 Å². The van der Waals surface area contributed by atoms with Gasteiger partial charge in [0.1, 0.15) is 11.3 Å². The molecule has 2 aromatic rings. The largest absolute Gasteiger partial charge is 0.456 e. The molecule has 0 aliphatic heterocycles. The molecular formula is C15H12O. The zero-order chi connectivity index (χ0) is 11.0. The Labute approximate surface area is 94.4 Å². The first-order valence-electron chi connectivity index (χ1n) is 5.39. The third-order valence-electron chi connectivity index (χ3n) is 2.75. The van der Waals surface area contributed by atoms with Crippen molar-refractivity contribution in [3.8, 4) is 0 Å². The molecule has 1 nitrogen and oxygen atoms in total. The Kier molecular flexibility index (Phi) is 2.03. The predicted octanol–water partition coefficient (Wildman–Crippen LogP) is 4.42. The SMILES string of the molecule is CC1=Cc2oc3ccccc3c2/C=C/C=C1. The van der Waals surface area contributed by atoms with Crippen LogP contribution in [0.3, 0.4) is 0 Å². The summed E-state index contributed by atoms with van der Waals surface area (Å²) in [6.07, 6.45) is 10.4. The zero-order valence-electron chi connectivity index (χ0n) is 9.10. The molecule has 1 aromatic heterocycles. The zero-order valence-corrected chi connectivity index (χ0v) is 9.10. The van der Waals surface area contributed by atoms with Crippen LogP contribution in [-0.4, -0.2) is 0 Å². The van der Waals surface area contributed by atoms with Crippen LogP contribution in [0, 0.1) is 0 Å². The normalized spacial score (nSPS) is 16.4. The molecule has 0 N–H and O–H groups in total. The van der Waals surface area contributed by atoms with Crippen LogP contribution in [0.15, 0.2) is 52.5 Å². The molecule has 3 rings (SSSR count). The van der Waals surface area contributed by atoms with Crippen LogP contribution in [0.5, 0.6) is 0 Å². The van der Waals surface area contributed by atoms with E-state index in [0.717, 1.165) is 11.3 Å². The standard InChI is InChI=1S/C15H12O/c1-11-6-2-3-8-13-12-7-4-5-9-14(12)16-15(13)10-11/h2-10H,1H3/b3-2?,6-2?,8-3+,11-6?,11-10?,13-8?,15-10?. The molecule has 1 aliphatic rings. The number of furan rings is 1. The summed E-state index contributed by atoms with van der Waals surface area (Å²) >= 11 is 0. The van der Waals surface area contributed by atoms with Crippen molar-refractivity contribution < 1.29 is 4.42 Å². The number of hydrogen-bond donors (Lipinski definition) is 0. The lowest BCUT2D eigenvalue weighted by Gasteiger charge is -1.96. The van der Waals surface area contributed by atoms with Gasteiger partial charge in [-0.15, -0.1) is 0 Å². The monoisotopic (exact) mass is 208 g/mol. The Hall–Kier alpha value is -2.02. The first-order chi connectivity index (χ1) is 7.84. The van der Waals surface area contributed by atoms with Gasteiger partial charge in [-0.3, -0.25) is 0 Å². The first-order valence-corrected chi connectivity index (χ1v) is 5.39. The Morgan fingerprint density at radius 1 is 1.00 bits per heavy atom. The fraction of sp³-hybridized carbons (Fsp3) is 0.0667. The summed E-state index contributed by atoms with van der Waals surface area (Å²) in [4.78, 5) is 0. The number of hydrogen-bond acceptors (Lipinski definition) is 1.